The summed E-state index contributed by atoms with van der Waals surface area (Å²) in [4.78, 5) is 4.27. The normalized spacial score (nSPS) is 14.2. The summed E-state index contributed by atoms with van der Waals surface area (Å²) in [6.45, 7) is 1.02. The Morgan fingerprint density at radius 1 is 1.03 bits per heavy atom. The molecule has 0 spiro atoms. The van der Waals surface area contributed by atoms with Gasteiger partial charge in [-0.15, -0.1) is 0 Å². The number of benzene rings is 2. The monoisotopic (exact) mass is 502 g/mol. The standard InChI is InChI=1S/C28H25F3N6/c29-28(30,31)26-14-25(37(36-26)24-8-1-4-20(12-24)15-32)18-34-23-7-2-5-21(13-23)27(35-16-19-9-10-19)22-6-3-11-33-17-22/h1-8,11-14,17,19,27,34-35H,9-10,16,18H2. The lowest BCUT2D eigenvalue weighted by Gasteiger charge is -2.20. The van der Waals surface area contributed by atoms with E-state index in [4.69, 9.17) is 0 Å². The van der Waals surface area contributed by atoms with Crippen molar-refractivity contribution in [2.24, 2.45) is 5.92 Å². The molecule has 2 heterocycles. The lowest BCUT2D eigenvalue weighted by molar-refractivity contribution is -0.141. The number of halogens is 3. The van der Waals surface area contributed by atoms with Crippen molar-refractivity contribution in [3.05, 3.63) is 107 Å². The maximum absolute atomic E-state index is 13.5. The predicted octanol–water partition coefficient (Wildman–Crippen LogP) is 5.86. The smallest absolute Gasteiger partial charge is 0.379 e. The van der Waals surface area contributed by atoms with Gasteiger partial charge in [0, 0.05) is 18.1 Å². The molecule has 1 aliphatic rings. The zero-order valence-corrected chi connectivity index (χ0v) is 19.9. The highest BCUT2D eigenvalue weighted by atomic mass is 19.4. The third-order valence-corrected chi connectivity index (χ3v) is 6.31. The first-order valence-corrected chi connectivity index (χ1v) is 12.0. The van der Waals surface area contributed by atoms with Crippen LogP contribution in [0.3, 0.4) is 0 Å². The van der Waals surface area contributed by atoms with E-state index in [-0.39, 0.29) is 12.6 Å². The van der Waals surface area contributed by atoms with E-state index in [0.717, 1.165) is 29.4 Å². The summed E-state index contributed by atoms with van der Waals surface area (Å²) in [6.07, 6.45) is 1.47. The van der Waals surface area contributed by atoms with Crippen molar-refractivity contribution >= 4 is 5.69 Å². The molecule has 1 fully saturated rings. The average Bonchev–Trinajstić information content (AvgIpc) is 3.63. The van der Waals surface area contributed by atoms with E-state index >= 15 is 0 Å². The topological polar surface area (TPSA) is 78.6 Å². The molecule has 1 saturated carbocycles. The van der Waals surface area contributed by atoms with Gasteiger partial charge < -0.3 is 10.6 Å². The van der Waals surface area contributed by atoms with Gasteiger partial charge in [0.15, 0.2) is 5.69 Å². The molecule has 188 valence electrons. The Balaban J connectivity index is 1.40. The van der Waals surface area contributed by atoms with Gasteiger partial charge in [0.25, 0.3) is 0 Å². The van der Waals surface area contributed by atoms with Crippen LogP contribution in [0.25, 0.3) is 5.69 Å². The molecule has 0 aliphatic heterocycles. The second-order valence-corrected chi connectivity index (χ2v) is 9.14. The SMILES string of the molecule is N#Cc1cccc(-n2nc(C(F)(F)F)cc2CNc2cccc(C(NCC3CC3)c3cccnc3)c2)c1. The molecule has 6 nitrogen and oxygen atoms in total. The molecule has 1 atom stereocenters. The van der Waals surface area contributed by atoms with Crippen molar-refractivity contribution in [3.8, 4) is 11.8 Å². The van der Waals surface area contributed by atoms with E-state index in [1.165, 1.54) is 23.6 Å². The number of aromatic nitrogens is 3. The highest BCUT2D eigenvalue weighted by Gasteiger charge is 2.35. The quantitative estimate of drug-likeness (QED) is 0.300. The number of hydrogen-bond acceptors (Lipinski definition) is 5. The molecule has 0 amide bonds. The largest absolute Gasteiger partial charge is 0.435 e. The molecule has 0 radical (unpaired) electrons. The molecule has 0 bridgehead atoms. The van der Waals surface area contributed by atoms with Gasteiger partial charge in [-0.2, -0.15) is 23.5 Å². The highest BCUT2D eigenvalue weighted by Crippen LogP contribution is 2.32. The average molecular weight is 503 g/mol. The molecule has 4 aromatic rings. The van der Waals surface area contributed by atoms with Crippen LogP contribution in [0.15, 0.2) is 79.1 Å². The van der Waals surface area contributed by atoms with Crippen LogP contribution in [-0.2, 0) is 12.7 Å². The number of alkyl halides is 3. The summed E-state index contributed by atoms with van der Waals surface area (Å²) in [5.41, 5.74) is 2.92. The van der Waals surface area contributed by atoms with Crippen molar-refractivity contribution in [2.75, 3.05) is 11.9 Å². The summed E-state index contributed by atoms with van der Waals surface area (Å²) in [5, 5.41) is 19.9. The van der Waals surface area contributed by atoms with Crippen molar-refractivity contribution < 1.29 is 13.2 Å². The van der Waals surface area contributed by atoms with Gasteiger partial charge in [0.1, 0.15) is 0 Å². The first-order valence-electron chi connectivity index (χ1n) is 12.0. The summed E-state index contributed by atoms with van der Waals surface area (Å²) in [6, 6.07) is 21.1. The van der Waals surface area contributed by atoms with E-state index in [2.05, 4.69) is 20.7 Å². The van der Waals surface area contributed by atoms with Crippen LogP contribution >= 0.6 is 0 Å². The van der Waals surface area contributed by atoms with Crippen molar-refractivity contribution in [1.29, 1.82) is 5.26 Å². The Morgan fingerprint density at radius 3 is 2.57 bits per heavy atom. The van der Waals surface area contributed by atoms with Gasteiger partial charge in [-0.3, -0.25) is 4.98 Å². The van der Waals surface area contributed by atoms with Gasteiger partial charge in [-0.25, -0.2) is 4.68 Å². The molecule has 0 saturated heterocycles. The van der Waals surface area contributed by atoms with Crippen LogP contribution < -0.4 is 10.6 Å². The molecule has 9 heteroatoms. The van der Waals surface area contributed by atoms with E-state index in [0.29, 0.717) is 22.9 Å². The van der Waals surface area contributed by atoms with Crippen molar-refractivity contribution in [3.63, 3.8) is 0 Å². The Kier molecular flexibility index (Phi) is 6.93. The Bertz CT molecular complexity index is 1400. The van der Waals surface area contributed by atoms with E-state index in [1.54, 1.807) is 24.4 Å². The van der Waals surface area contributed by atoms with Crippen LogP contribution in [0.1, 0.15) is 47.0 Å². The molecule has 37 heavy (non-hydrogen) atoms. The van der Waals surface area contributed by atoms with E-state index in [9.17, 15) is 18.4 Å². The molecule has 2 N–H and O–H groups in total. The maximum atomic E-state index is 13.5. The number of nitriles is 1. The lowest BCUT2D eigenvalue weighted by Crippen LogP contribution is -2.24. The molecule has 2 aromatic carbocycles. The Hall–Kier alpha value is -4.16. The number of anilines is 1. The van der Waals surface area contributed by atoms with Gasteiger partial charge in [0.2, 0.25) is 0 Å². The first kappa shape index (κ1) is 24.5. The number of nitrogens with one attached hydrogen (secondary N) is 2. The summed E-state index contributed by atoms with van der Waals surface area (Å²) in [7, 11) is 0. The lowest BCUT2D eigenvalue weighted by atomic mass is 9.99. The number of nitrogens with zero attached hydrogens (tertiary/aromatic N) is 4. The molecular formula is C28H25F3N6. The number of hydrogen-bond donors (Lipinski definition) is 2. The fraction of sp³-hybridized carbons (Fsp3) is 0.250. The van der Waals surface area contributed by atoms with Crippen molar-refractivity contribution in [2.45, 2.75) is 31.6 Å². The summed E-state index contributed by atoms with van der Waals surface area (Å²) < 4.78 is 41.7. The number of pyridine rings is 1. The molecule has 2 aromatic heterocycles. The summed E-state index contributed by atoms with van der Waals surface area (Å²) in [5.74, 6) is 0.697. The summed E-state index contributed by atoms with van der Waals surface area (Å²) >= 11 is 0. The maximum Gasteiger partial charge on any atom is 0.435 e. The van der Waals surface area contributed by atoms with Crippen LogP contribution in [-0.4, -0.2) is 21.3 Å². The molecule has 1 aliphatic carbocycles. The Labute approximate surface area is 212 Å². The fourth-order valence-electron chi connectivity index (χ4n) is 4.22. The molecule has 1 unspecified atom stereocenters. The molecule has 5 rings (SSSR count). The van der Waals surface area contributed by atoms with Gasteiger partial charge in [-0.05, 0) is 78.9 Å². The van der Waals surface area contributed by atoms with Crippen LogP contribution in [0.2, 0.25) is 0 Å². The van der Waals surface area contributed by atoms with Gasteiger partial charge >= 0.3 is 6.18 Å². The van der Waals surface area contributed by atoms with Crippen LogP contribution in [0.4, 0.5) is 18.9 Å². The van der Waals surface area contributed by atoms with Crippen molar-refractivity contribution in [1.82, 2.24) is 20.1 Å². The third kappa shape index (κ3) is 5.98. The molecular weight excluding hydrogens is 477 g/mol. The Morgan fingerprint density at radius 2 is 1.84 bits per heavy atom. The second-order valence-electron chi connectivity index (χ2n) is 9.14. The van der Waals surface area contributed by atoms with Gasteiger partial charge in [-0.1, -0.05) is 24.3 Å². The van der Waals surface area contributed by atoms with Gasteiger partial charge in [0.05, 0.1) is 35.6 Å². The second kappa shape index (κ2) is 10.4. The first-order chi connectivity index (χ1) is 17.9. The number of rotatable bonds is 9. The minimum Gasteiger partial charge on any atom is -0.379 e. The minimum absolute atomic E-state index is 0.0490. The fourth-order valence-corrected chi connectivity index (χ4v) is 4.22. The zero-order chi connectivity index (χ0) is 25.8. The predicted molar refractivity (Wildman–Crippen MR) is 134 cm³/mol. The van der Waals surface area contributed by atoms with Crippen LogP contribution in [0, 0.1) is 17.2 Å². The third-order valence-electron chi connectivity index (χ3n) is 6.31. The van der Waals surface area contributed by atoms with E-state index < -0.39 is 11.9 Å². The minimum atomic E-state index is -4.59. The zero-order valence-electron chi connectivity index (χ0n) is 19.9. The van der Waals surface area contributed by atoms with E-state index in [1.807, 2.05) is 48.7 Å². The highest BCUT2D eigenvalue weighted by molar-refractivity contribution is 5.49. The van der Waals surface area contributed by atoms with Crippen LogP contribution in [0.5, 0.6) is 0 Å².